The van der Waals surface area contributed by atoms with Gasteiger partial charge < -0.3 is 19.8 Å². The first-order valence-electron chi connectivity index (χ1n) is 8.55. The largest absolute Gasteiger partial charge is 0.381 e. The third-order valence-electron chi connectivity index (χ3n) is 4.51. The molecular weight excluding hydrogens is 332 g/mol. The summed E-state index contributed by atoms with van der Waals surface area (Å²) in [6, 6.07) is 12.7. The van der Waals surface area contributed by atoms with Gasteiger partial charge in [-0.05, 0) is 47.7 Å². The molecule has 1 saturated heterocycles. The van der Waals surface area contributed by atoms with Gasteiger partial charge >= 0.3 is 0 Å². The van der Waals surface area contributed by atoms with E-state index < -0.39 is 0 Å². The van der Waals surface area contributed by atoms with Crippen molar-refractivity contribution in [2.45, 2.75) is 6.42 Å². The third-order valence-corrected chi connectivity index (χ3v) is 5.53. The van der Waals surface area contributed by atoms with Gasteiger partial charge in [-0.15, -0.1) is 0 Å². The van der Waals surface area contributed by atoms with E-state index >= 15 is 0 Å². The summed E-state index contributed by atoms with van der Waals surface area (Å²) in [5.74, 6) is 2.62. The van der Waals surface area contributed by atoms with Crippen LogP contribution in [-0.2, 0) is 4.74 Å². The normalized spacial score (nSPS) is 17.1. The van der Waals surface area contributed by atoms with Crippen LogP contribution in [0.4, 0.5) is 11.5 Å². The molecule has 0 spiro atoms. The number of aromatic nitrogens is 2. The Morgan fingerprint density at radius 1 is 1.28 bits per heavy atom. The minimum absolute atomic E-state index is 0.676. The maximum Gasteiger partial charge on any atom is 0.140 e. The van der Waals surface area contributed by atoms with Crippen LogP contribution in [-0.4, -0.2) is 36.0 Å². The van der Waals surface area contributed by atoms with E-state index in [0.717, 1.165) is 41.5 Å². The lowest BCUT2D eigenvalue weighted by atomic mass is 10.0. The van der Waals surface area contributed by atoms with Gasteiger partial charge in [-0.25, -0.2) is 4.98 Å². The fourth-order valence-electron chi connectivity index (χ4n) is 3.08. The summed E-state index contributed by atoms with van der Waals surface area (Å²) in [6.07, 6.45) is 3.11. The summed E-state index contributed by atoms with van der Waals surface area (Å²) in [5, 5.41) is 4.26. The number of rotatable bonds is 6. The molecule has 0 amide bonds. The summed E-state index contributed by atoms with van der Waals surface area (Å²) in [6.45, 7) is 1.81. The Bertz CT molecular complexity index is 840. The van der Waals surface area contributed by atoms with E-state index in [-0.39, 0.29) is 0 Å². The van der Waals surface area contributed by atoms with Crippen molar-refractivity contribution in [1.29, 1.82) is 0 Å². The molecule has 130 valence electrons. The second-order valence-corrected chi connectivity index (χ2v) is 7.09. The Morgan fingerprint density at radius 2 is 2.16 bits per heavy atom. The van der Waals surface area contributed by atoms with Gasteiger partial charge in [0.15, 0.2) is 0 Å². The highest BCUT2D eigenvalue weighted by molar-refractivity contribution is 8.00. The summed E-state index contributed by atoms with van der Waals surface area (Å²) < 4.78 is 8.85. The number of nitrogens with one attached hydrogen (secondary N) is 3. The molecule has 1 aromatic carbocycles. The van der Waals surface area contributed by atoms with E-state index in [0.29, 0.717) is 5.92 Å². The first kappa shape index (κ1) is 16.3. The minimum atomic E-state index is 0.676. The van der Waals surface area contributed by atoms with Gasteiger partial charge in [-0.2, -0.15) is 0 Å². The lowest BCUT2D eigenvalue weighted by Crippen LogP contribution is -2.04. The van der Waals surface area contributed by atoms with E-state index in [1.54, 1.807) is 11.9 Å². The monoisotopic (exact) mass is 354 g/mol. The highest BCUT2D eigenvalue weighted by atomic mass is 32.2. The number of ether oxygens (including phenoxy) is 1. The standard InChI is InChI=1S/C19H22N4OS/c1-20-18-10-17(16-6-8-21-19(16)22-18)14-2-4-15(5-3-14)23-25-12-13-7-9-24-11-13/h2-6,8,10,13,23H,7,9,11-12H2,1H3,(H2,20,21,22). The Kier molecular flexibility index (Phi) is 4.81. The van der Waals surface area contributed by atoms with Crippen LogP contribution in [0.5, 0.6) is 0 Å². The zero-order valence-corrected chi connectivity index (χ0v) is 15.0. The quantitative estimate of drug-likeness (QED) is 0.574. The maximum atomic E-state index is 5.42. The second-order valence-electron chi connectivity index (χ2n) is 6.27. The molecule has 1 aliphatic rings. The fraction of sp³-hybridized carbons (Fsp3) is 0.316. The van der Waals surface area contributed by atoms with Crippen LogP contribution < -0.4 is 10.0 Å². The second kappa shape index (κ2) is 7.37. The number of H-pyrrole nitrogens is 1. The molecule has 25 heavy (non-hydrogen) atoms. The van der Waals surface area contributed by atoms with Gasteiger partial charge in [0.1, 0.15) is 11.5 Å². The van der Waals surface area contributed by atoms with E-state index in [1.807, 2.05) is 13.2 Å². The number of pyridine rings is 1. The fourth-order valence-corrected chi connectivity index (χ4v) is 3.96. The van der Waals surface area contributed by atoms with E-state index in [9.17, 15) is 0 Å². The average molecular weight is 354 g/mol. The lowest BCUT2D eigenvalue weighted by molar-refractivity contribution is 0.189. The first-order chi connectivity index (χ1) is 12.3. The maximum absolute atomic E-state index is 5.42. The van der Waals surface area contributed by atoms with Crippen LogP contribution >= 0.6 is 11.9 Å². The van der Waals surface area contributed by atoms with Crippen LogP contribution in [0.15, 0.2) is 42.6 Å². The first-order valence-corrected chi connectivity index (χ1v) is 9.54. The van der Waals surface area contributed by atoms with Crippen LogP contribution in [0.3, 0.4) is 0 Å². The highest BCUT2D eigenvalue weighted by Crippen LogP contribution is 2.31. The molecule has 1 unspecified atom stereocenters. The van der Waals surface area contributed by atoms with Crippen molar-refractivity contribution < 1.29 is 4.74 Å². The Labute approximate surface area is 151 Å². The Morgan fingerprint density at radius 3 is 2.92 bits per heavy atom. The van der Waals surface area contributed by atoms with Gasteiger partial charge in [-0.3, -0.25) is 0 Å². The van der Waals surface area contributed by atoms with Gasteiger partial charge in [0.25, 0.3) is 0 Å². The molecule has 2 aromatic heterocycles. The molecule has 4 rings (SSSR count). The number of anilines is 2. The topological polar surface area (TPSA) is 62.0 Å². The molecule has 0 bridgehead atoms. The summed E-state index contributed by atoms with van der Waals surface area (Å²) in [7, 11) is 1.89. The lowest BCUT2D eigenvalue weighted by Gasteiger charge is -2.10. The SMILES string of the molecule is CNc1cc(-c2ccc(NSCC3CCOC3)cc2)c2cc[nH]c2n1. The Hall–Kier alpha value is -2.18. The zero-order valence-electron chi connectivity index (χ0n) is 14.2. The molecule has 1 aliphatic heterocycles. The molecule has 3 heterocycles. The number of hydrogen-bond acceptors (Lipinski definition) is 5. The van der Waals surface area contributed by atoms with Crippen molar-refractivity contribution in [3.05, 3.63) is 42.6 Å². The van der Waals surface area contributed by atoms with Crippen LogP contribution in [0.25, 0.3) is 22.2 Å². The summed E-state index contributed by atoms with van der Waals surface area (Å²) >= 11 is 1.76. The smallest absolute Gasteiger partial charge is 0.140 e. The molecular formula is C19H22N4OS. The van der Waals surface area contributed by atoms with E-state index in [4.69, 9.17) is 4.74 Å². The van der Waals surface area contributed by atoms with E-state index in [1.165, 1.54) is 17.5 Å². The highest BCUT2D eigenvalue weighted by Gasteiger charge is 2.15. The molecule has 0 aliphatic carbocycles. The molecule has 0 radical (unpaired) electrons. The predicted octanol–water partition coefficient (Wildman–Crippen LogP) is 4.37. The minimum Gasteiger partial charge on any atom is -0.381 e. The van der Waals surface area contributed by atoms with Gasteiger partial charge in [0.05, 0.1) is 6.61 Å². The molecule has 3 N–H and O–H groups in total. The van der Waals surface area contributed by atoms with Crippen molar-refractivity contribution in [2.75, 3.05) is 36.1 Å². The molecule has 6 heteroatoms. The van der Waals surface area contributed by atoms with Crippen molar-refractivity contribution in [3.63, 3.8) is 0 Å². The number of hydrogen-bond donors (Lipinski definition) is 3. The molecule has 0 saturated carbocycles. The molecule has 1 fully saturated rings. The van der Waals surface area contributed by atoms with Crippen molar-refractivity contribution in [2.24, 2.45) is 5.92 Å². The number of aromatic amines is 1. The average Bonchev–Trinajstić information content (AvgIpc) is 3.33. The van der Waals surface area contributed by atoms with Gasteiger partial charge in [-0.1, -0.05) is 24.1 Å². The van der Waals surface area contributed by atoms with E-state index in [2.05, 4.69) is 56.4 Å². The van der Waals surface area contributed by atoms with Crippen molar-refractivity contribution in [1.82, 2.24) is 9.97 Å². The number of nitrogens with zero attached hydrogens (tertiary/aromatic N) is 1. The molecule has 1 atom stereocenters. The van der Waals surface area contributed by atoms with Gasteiger partial charge in [0.2, 0.25) is 0 Å². The molecule has 3 aromatic rings. The summed E-state index contributed by atoms with van der Waals surface area (Å²) in [4.78, 5) is 7.74. The van der Waals surface area contributed by atoms with Crippen molar-refractivity contribution in [3.8, 4) is 11.1 Å². The van der Waals surface area contributed by atoms with Gasteiger partial charge in [0, 0.05) is 36.7 Å². The van der Waals surface area contributed by atoms with Crippen LogP contribution in [0.1, 0.15) is 6.42 Å². The molecule has 5 nitrogen and oxygen atoms in total. The van der Waals surface area contributed by atoms with Crippen molar-refractivity contribution >= 4 is 34.5 Å². The number of benzene rings is 1. The third kappa shape index (κ3) is 3.60. The van der Waals surface area contributed by atoms with Crippen LogP contribution in [0, 0.1) is 5.92 Å². The zero-order chi connectivity index (χ0) is 17.1. The van der Waals surface area contributed by atoms with Crippen LogP contribution in [0.2, 0.25) is 0 Å². The predicted molar refractivity (Wildman–Crippen MR) is 106 cm³/mol. The summed E-state index contributed by atoms with van der Waals surface area (Å²) in [5.41, 5.74) is 4.39. The Balaban J connectivity index is 1.49. The number of fused-ring (bicyclic) bond motifs is 1.